The Morgan fingerprint density at radius 1 is 1.00 bits per heavy atom. The molecule has 270 valence electrons. The van der Waals surface area contributed by atoms with Crippen LogP contribution in [-0.4, -0.2) is 59.2 Å². The van der Waals surface area contributed by atoms with Crippen LogP contribution in [0, 0.1) is 19.7 Å². The first-order valence-corrected chi connectivity index (χ1v) is 17.9. The molecule has 0 saturated carbocycles. The zero-order valence-corrected chi connectivity index (χ0v) is 30.1. The van der Waals surface area contributed by atoms with Crippen LogP contribution in [0.1, 0.15) is 69.1 Å². The average Bonchev–Trinajstić information content (AvgIpc) is 3.12. The summed E-state index contributed by atoms with van der Waals surface area (Å²) >= 11 is 0. The highest BCUT2D eigenvalue weighted by Gasteiger charge is 2.24. The number of aromatic nitrogens is 2. The van der Waals surface area contributed by atoms with Gasteiger partial charge in [-0.3, -0.25) is 4.79 Å². The fourth-order valence-corrected chi connectivity index (χ4v) is 5.99. The lowest BCUT2D eigenvalue weighted by atomic mass is 10.1. The number of para-hydroxylation sites is 1. The van der Waals surface area contributed by atoms with Crippen LogP contribution in [0.25, 0.3) is 0 Å². The van der Waals surface area contributed by atoms with Crippen LogP contribution in [0.4, 0.5) is 32.3 Å². The minimum absolute atomic E-state index is 0.0311. The topological polar surface area (TPSA) is 109 Å². The molecule has 0 radical (unpaired) electrons. The predicted octanol–water partition coefficient (Wildman–Crippen LogP) is 8.42. The van der Waals surface area contributed by atoms with Crippen molar-refractivity contribution in [3.05, 3.63) is 95.4 Å². The van der Waals surface area contributed by atoms with Crippen molar-refractivity contribution in [3.63, 3.8) is 0 Å². The summed E-state index contributed by atoms with van der Waals surface area (Å²) in [6.07, 6.45) is 7.08. The maximum Gasteiger partial charge on any atom is 0.425 e. The number of nitrogens with zero attached hydrogens (tertiary/aromatic N) is 4. The number of carbonyl (C=O) groups is 2. The third-order valence-electron chi connectivity index (χ3n) is 8.99. The van der Waals surface area contributed by atoms with E-state index in [9.17, 15) is 9.59 Å². The molecule has 2 N–H and O–H groups in total. The van der Waals surface area contributed by atoms with E-state index in [0.717, 1.165) is 49.2 Å². The second kappa shape index (κ2) is 18.3. The molecular weight excluding hydrogens is 647 g/mol. The Bertz CT molecular complexity index is 1760. The maximum atomic E-state index is 15.1. The number of likely N-dealkylation sites (tertiary alicyclic amines) is 1. The van der Waals surface area contributed by atoms with Crippen LogP contribution in [0.3, 0.4) is 0 Å². The lowest BCUT2D eigenvalue weighted by molar-refractivity contribution is -0.121. The number of anilines is 4. The monoisotopic (exact) mass is 696 g/mol. The van der Waals surface area contributed by atoms with E-state index >= 15 is 4.39 Å². The molecule has 1 saturated heterocycles. The van der Waals surface area contributed by atoms with Gasteiger partial charge in [0.2, 0.25) is 11.9 Å². The van der Waals surface area contributed by atoms with Crippen LogP contribution < -0.4 is 25.0 Å². The molecule has 4 aromatic rings. The fourth-order valence-electron chi connectivity index (χ4n) is 5.99. The van der Waals surface area contributed by atoms with Gasteiger partial charge in [-0.15, -0.1) is 0 Å². The molecule has 2 heterocycles. The minimum Gasteiger partial charge on any atom is -0.490 e. The lowest BCUT2D eigenvalue weighted by Gasteiger charge is -2.26. The molecule has 1 unspecified atom stereocenters. The Hall–Kier alpha value is -5.03. The number of hydrogen-bond acceptors (Lipinski definition) is 8. The van der Waals surface area contributed by atoms with E-state index in [-0.39, 0.29) is 29.5 Å². The first kappa shape index (κ1) is 37.2. The molecule has 1 aliphatic heterocycles. The summed E-state index contributed by atoms with van der Waals surface area (Å²) in [5.41, 5.74) is 3.42. The number of piperidine rings is 1. The molecule has 1 aromatic heterocycles. The second-order valence-corrected chi connectivity index (χ2v) is 13.1. The van der Waals surface area contributed by atoms with Crippen LogP contribution in [-0.2, 0) is 11.2 Å². The minimum atomic E-state index is -0.670. The molecule has 2 amide bonds. The number of halogens is 1. The maximum absolute atomic E-state index is 15.1. The first-order valence-electron chi connectivity index (χ1n) is 17.9. The van der Waals surface area contributed by atoms with Crippen LogP contribution in [0.15, 0.2) is 72.9 Å². The highest BCUT2D eigenvalue weighted by molar-refractivity contribution is 5.96. The van der Waals surface area contributed by atoms with E-state index in [4.69, 9.17) is 9.47 Å². The molecule has 11 heteroatoms. The number of rotatable bonds is 15. The molecule has 10 nitrogen and oxygen atoms in total. The first-order chi connectivity index (χ1) is 24.7. The van der Waals surface area contributed by atoms with Crippen molar-refractivity contribution in [3.8, 4) is 11.5 Å². The Labute approximate surface area is 300 Å². The van der Waals surface area contributed by atoms with Gasteiger partial charge in [0.05, 0.1) is 12.3 Å². The SMILES string of the molecule is CCC(C)NC(=O)CCc1cccc(N(C(=O)Oc2c(C)cccc2C)c2ccnc(Nc3ccc(OCCCN4CCCCC4)c(F)c3)n2)c1. The Morgan fingerprint density at radius 2 is 1.76 bits per heavy atom. The van der Waals surface area contributed by atoms with Gasteiger partial charge in [-0.05, 0) is 107 Å². The number of aryl methyl sites for hydroxylation is 3. The van der Waals surface area contributed by atoms with Gasteiger partial charge in [-0.2, -0.15) is 4.98 Å². The van der Waals surface area contributed by atoms with Crippen molar-refractivity contribution >= 4 is 35.1 Å². The van der Waals surface area contributed by atoms with Crippen molar-refractivity contribution in [1.82, 2.24) is 20.2 Å². The third kappa shape index (κ3) is 10.7. The zero-order chi connectivity index (χ0) is 36.2. The molecule has 0 spiro atoms. The number of carbonyl (C=O) groups excluding carboxylic acids is 2. The summed E-state index contributed by atoms with van der Waals surface area (Å²) < 4.78 is 26.8. The van der Waals surface area contributed by atoms with Gasteiger partial charge in [0, 0.05) is 43.0 Å². The van der Waals surface area contributed by atoms with Gasteiger partial charge in [-0.1, -0.05) is 43.7 Å². The van der Waals surface area contributed by atoms with Crippen molar-refractivity contribution in [2.24, 2.45) is 0 Å². The van der Waals surface area contributed by atoms with Crippen molar-refractivity contribution in [2.45, 2.75) is 78.7 Å². The van der Waals surface area contributed by atoms with E-state index in [1.54, 1.807) is 24.3 Å². The van der Waals surface area contributed by atoms with Crippen LogP contribution in [0.2, 0.25) is 0 Å². The van der Waals surface area contributed by atoms with Gasteiger partial charge < -0.3 is 25.0 Å². The molecule has 1 aliphatic rings. The standard InChI is InChI=1S/C40H49FN6O4/c1-5-30(4)43-37(48)19-16-31-14-10-15-33(26-31)47(40(49)51-38-28(2)12-9-13-29(38)3)36-20-21-42-39(45-36)44-32-17-18-35(34(41)27-32)50-25-11-24-46-22-7-6-8-23-46/h9-10,12-15,17-18,20-21,26-27,30H,5-8,11,16,19,22-25H2,1-4H3,(H,43,48)(H,42,44,45). The van der Waals surface area contributed by atoms with Gasteiger partial charge >= 0.3 is 6.09 Å². The quantitative estimate of drug-likeness (QED) is 0.119. The van der Waals surface area contributed by atoms with Gasteiger partial charge in [0.15, 0.2) is 11.6 Å². The number of ether oxygens (including phenoxy) is 2. The summed E-state index contributed by atoms with van der Waals surface area (Å²) in [6.45, 7) is 11.4. The highest BCUT2D eigenvalue weighted by atomic mass is 19.1. The summed E-state index contributed by atoms with van der Waals surface area (Å²) in [4.78, 5) is 39.2. The number of hydrogen-bond donors (Lipinski definition) is 2. The molecule has 51 heavy (non-hydrogen) atoms. The number of amides is 2. The summed E-state index contributed by atoms with van der Waals surface area (Å²) in [5.74, 6) is 0.516. The van der Waals surface area contributed by atoms with Crippen LogP contribution >= 0.6 is 0 Å². The Kier molecular flexibility index (Phi) is 13.3. The second-order valence-electron chi connectivity index (χ2n) is 13.1. The van der Waals surface area contributed by atoms with E-state index in [2.05, 4.69) is 25.5 Å². The number of nitrogens with one attached hydrogen (secondary N) is 2. The van der Waals surface area contributed by atoms with Crippen LogP contribution in [0.5, 0.6) is 11.5 Å². The summed E-state index contributed by atoms with van der Waals surface area (Å²) in [5, 5.41) is 6.05. The number of benzene rings is 3. The van der Waals surface area contributed by atoms with Gasteiger partial charge in [-0.25, -0.2) is 19.1 Å². The smallest absolute Gasteiger partial charge is 0.425 e. The van der Waals surface area contributed by atoms with E-state index in [1.807, 2.05) is 64.1 Å². The van der Waals surface area contributed by atoms with Crippen molar-refractivity contribution < 1.29 is 23.5 Å². The van der Waals surface area contributed by atoms with Gasteiger partial charge in [0.25, 0.3) is 0 Å². The van der Waals surface area contributed by atoms with E-state index in [1.165, 1.54) is 36.4 Å². The molecular formula is C40H49FN6O4. The molecule has 1 atom stereocenters. The molecule has 3 aromatic carbocycles. The largest absolute Gasteiger partial charge is 0.490 e. The summed E-state index contributed by atoms with van der Waals surface area (Å²) in [6, 6.07) is 19.4. The third-order valence-corrected chi connectivity index (χ3v) is 8.99. The Balaban J connectivity index is 1.33. The molecule has 0 bridgehead atoms. The molecule has 1 fully saturated rings. The zero-order valence-electron chi connectivity index (χ0n) is 30.1. The van der Waals surface area contributed by atoms with Gasteiger partial charge in [0.1, 0.15) is 11.6 Å². The molecule has 0 aliphatic carbocycles. The predicted molar refractivity (Wildman–Crippen MR) is 199 cm³/mol. The van der Waals surface area contributed by atoms with E-state index in [0.29, 0.717) is 36.6 Å². The lowest BCUT2D eigenvalue weighted by Crippen LogP contribution is -2.32. The molecule has 5 rings (SSSR count). The average molecular weight is 697 g/mol. The van der Waals surface area contributed by atoms with Crippen molar-refractivity contribution in [2.75, 3.05) is 36.5 Å². The Morgan fingerprint density at radius 3 is 2.51 bits per heavy atom. The fraction of sp³-hybridized carbons (Fsp3) is 0.400. The van der Waals surface area contributed by atoms with E-state index < -0.39 is 11.9 Å². The normalized spacial score (nSPS) is 13.7. The van der Waals surface area contributed by atoms with Crippen molar-refractivity contribution in [1.29, 1.82) is 0 Å². The highest BCUT2D eigenvalue weighted by Crippen LogP contribution is 2.30. The summed E-state index contributed by atoms with van der Waals surface area (Å²) in [7, 11) is 0.